The molecule has 0 aliphatic carbocycles. The van der Waals surface area contributed by atoms with Gasteiger partial charge in [0, 0.05) is 30.7 Å². The van der Waals surface area contributed by atoms with E-state index in [0.29, 0.717) is 12.0 Å². The molecule has 0 spiro atoms. The maximum Gasteiger partial charge on any atom is 0.330 e. The van der Waals surface area contributed by atoms with Gasteiger partial charge in [0.15, 0.2) is 0 Å². The van der Waals surface area contributed by atoms with Crippen molar-refractivity contribution in [1.82, 2.24) is 9.55 Å². The van der Waals surface area contributed by atoms with Gasteiger partial charge in [-0.2, -0.15) is 0 Å². The monoisotopic (exact) mass is 256 g/mol. The van der Waals surface area contributed by atoms with Gasteiger partial charge in [-0.25, -0.2) is 4.79 Å². The van der Waals surface area contributed by atoms with Crippen molar-refractivity contribution in [2.45, 2.75) is 25.7 Å². The Bertz CT molecular complexity index is 523. The van der Waals surface area contributed by atoms with E-state index in [1.165, 1.54) is 10.8 Å². The summed E-state index contributed by atoms with van der Waals surface area (Å²) in [6, 6.07) is 0. The first kappa shape index (κ1) is 13.0. The lowest BCUT2D eigenvalue weighted by atomic mass is 10.0. The lowest BCUT2D eigenvalue weighted by Crippen LogP contribution is -2.33. The lowest BCUT2D eigenvalue weighted by molar-refractivity contribution is -0.0367. The highest BCUT2D eigenvalue weighted by molar-refractivity contribution is 5.01. The fraction of sp³-hybridized carbons (Fsp3) is 0.636. The number of aliphatic hydroxyl groups is 2. The van der Waals surface area contributed by atoms with E-state index < -0.39 is 23.6 Å². The van der Waals surface area contributed by atoms with Crippen LogP contribution in [0.3, 0.4) is 0 Å². The summed E-state index contributed by atoms with van der Waals surface area (Å²) in [5.41, 5.74) is -0.566. The molecule has 3 atom stereocenters. The molecule has 1 aromatic heterocycles. The summed E-state index contributed by atoms with van der Waals surface area (Å²) in [5, 5.41) is 18.3. The van der Waals surface area contributed by atoms with Crippen LogP contribution < -0.4 is 11.2 Å². The van der Waals surface area contributed by atoms with Crippen molar-refractivity contribution in [2.24, 2.45) is 5.92 Å². The zero-order chi connectivity index (χ0) is 13.3. The van der Waals surface area contributed by atoms with Gasteiger partial charge in [-0.05, 0) is 6.92 Å². The zero-order valence-corrected chi connectivity index (χ0v) is 10.00. The van der Waals surface area contributed by atoms with Gasteiger partial charge >= 0.3 is 5.69 Å². The first-order valence-electron chi connectivity index (χ1n) is 5.76. The van der Waals surface area contributed by atoms with E-state index in [1.54, 1.807) is 6.92 Å². The molecule has 1 aromatic rings. The van der Waals surface area contributed by atoms with Crippen LogP contribution in [0.15, 0.2) is 15.8 Å². The van der Waals surface area contributed by atoms with Crippen molar-refractivity contribution in [3.8, 4) is 0 Å². The molecule has 18 heavy (non-hydrogen) atoms. The van der Waals surface area contributed by atoms with Crippen LogP contribution in [-0.4, -0.2) is 39.1 Å². The normalized spacial score (nSPS) is 27.6. The molecule has 2 heterocycles. The highest BCUT2D eigenvalue weighted by Crippen LogP contribution is 2.31. The molecule has 1 saturated heterocycles. The third-order valence-corrected chi connectivity index (χ3v) is 3.23. The smallest absolute Gasteiger partial charge is 0.330 e. The quantitative estimate of drug-likeness (QED) is 0.625. The predicted molar refractivity (Wildman–Crippen MR) is 62.2 cm³/mol. The third kappa shape index (κ3) is 2.24. The fourth-order valence-corrected chi connectivity index (χ4v) is 2.14. The summed E-state index contributed by atoms with van der Waals surface area (Å²) in [6.07, 6.45) is 0.800. The van der Waals surface area contributed by atoms with Crippen LogP contribution in [0.4, 0.5) is 0 Å². The van der Waals surface area contributed by atoms with Crippen molar-refractivity contribution in [3.05, 3.63) is 32.6 Å². The van der Waals surface area contributed by atoms with Crippen molar-refractivity contribution in [1.29, 1.82) is 0 Å². The summed E-state index contributed by atoms with van der Waals surface area (Å²) in [4.78, 5) is 25.1. The van der Waals surface area contributed by atoms with E-state index in [-0.39, 0.29) is 19.1 Å². The Balaban J connectivity index is 2.31. The highest BCUT2D eigenvalue weighted by Gasteiger charge is 2.35. The largest absolute Gasteiger partial charge is 0.396 e. The minimum absolute atomic E-state index is 0.112. The Morgan fingerprint density at radius 3 is 2.72 bits per heavy atom. The minimum Gasteiger partial charge on any atom is -0.396 e. The molecule has 1 aliphatic heterocycles. The molecule has 1 fully saturated rings. The van der Waals surface area contributed by atoms with Crippen molar-refractivity contribution in [3.63, 3.8) is 0 Å². The van der Waals surface area contributed by atoms with Crippen LogP contribution in [0.1, 0.15) is 18.2 Å². The van der Waals surface area contributed by atoms with E-state index in [4.69, 9.17) is 14.9 Å². The number of aromatic nitrogens is 2. The van der Waals surface area contributed by atoms with E-state index >= 15 is 0 Å². The average molecular weight is 256 g/mol. The van der Waals surface area contributed by atoms with Crippen LogP contribution in [0.2, 0.25) is 0 Å². The molecule has 3 N–H and O–H groups in total. The first-order chi connectivity index (χ1) is 8.56. The maximum atomic E-state index is 11.7. The van der Waals surface area contributed by atoms with E-state index in [0.717, 1.165) is 0 Å². The Hall–Kier alpha value is -1.44. The standard InChI is InChI=1S/C11H16N2O5/c1-6-3-13(11(17)12-10(6)16)9-2-7(4-14)8(5-15)18-9/h3,7-9,14-15H,2,4-5H2,1H3,(H,12,16,17)/t7-,8-,9+/m1/s1. The van der Waals surface area contributed by atoms with Gasteiger partial charge in [-0.1, -0.05) is 0 Å². The molecule has 0 bridgehead atoms. The molecule has 2 rings (SSSR count). The van der Waals surface area contributed by atoms with Crippen molar-refractivity contribution >= 4 is 0 Å². The first-order valence-corrected chi connectivity index (χ1v) is 5.76. The van der Waals surface area contributed by atoms with Gasteiger partial charge in [0.25, 0.3) is 5.56 Å². The molecule has 7 heteroatoms. The van der Waals surface area contributed by atoms with E-state index in [2.05, 4.69) is 4.98 Å². The number of aryl methyl sites for hydroxylation is 1. The van der Waals surface area contributed by atoms with Gasteiger partial charge < -0.3 is 14.9 Å². The SMILES string of the molecule is Cc1cn([C@@H]2C[C@H](CO)[C@@H](CO)O2)c(=O)[nH]c1=O. The van der Waals surface area contributed by atoms with Crippen LogP contribution in [-0.2, 0) is 4.74 Å². The van der Waals surface area contributed by atoms with Crippen molar-refractivity contribution in [2.75, 3.05) is 13.2 Å². The van der Waals surface area contributed by atoms with Gasteiger partial charge in [0.2, 0.25) is 0 Å². The number of hydrogen-bond donors (Lipinski definition) is 3. The second kappa shape index (κ2) is 5.05. The summed E-state index contributed by atoms with van der Waals surface area (Å²) < 4.78 is 6.79. The van der Waals surface area contributed by atoms with Crippen LogP contribution >= 0.6 is 0 Å². The molecule has 0 saturated carbocycles. The second-order valence-electron chi connectivity index (χ2n) is 4.47. The number of ether oxygens (including phenoxy) is 1. The number of nitrogens with zero attached hydrogens (tertiary/aromatic N) is 1. The Morgan fingerprint density at radius 2 is 2.17 bits per heavy atom. The highest BCUT2D eigenvalue weighted by atomic mass is 16.5. The van der Waals surface area contributed by atoms with Gasteiger partial charge in [0.05, 0.1) is 12.7 Å². The predicted octanol–water partition coefficient (Wildman–Crippen LogP) is -1.27. The molecule has 0 aromatic carbocycles. The molecule has 0 amide bonds. The van der Waals surface area contributed by atoms with Gasteiger partial charge in [-0.3, -0.25) is 14.3 Å². The molecule has 100 valence electrons. The van der Waals surface area contributed by atoms with Crippen LogP contribution in [0.5, 0.6) is 0 Å². The molecule has 1 aliphatic rings. The Labute approximate surface area is 103 Å². The summed E-state index contributed by atoms with van der Waals surface area (Å²) in [5.74, 6) is -0.209. The van der Waals surface area contributed by atoms with Crippen LogP contribution in [0.25, 0.3) is 0 Å². The van der Waals surface area contributed by atoms with Crippen LogP contribution in [0, 0.1) is 12.8 Å². The number of aliphatic hydroxyl groups excluding tert-OH is 2. The van der Waals surface area contributed by atoms with E-state index in [1.807, 2.05) is 0 Å². The van der Waals surface area contributed by atoms with Crippen molar-refractivity contribution < 1.29 is 14.9 Å². The average Bonchev–Trinajstić information content (AvgIpc) is 2.76. The lowest BCUT2D eigenvalue weighted by Gasteiger charge is -2.15. The number of H-pyrrole nitrogens is 1. The molecule has 0 unspecified atom stereocenters. The summed E-state index contributed by atoms with van der Waals surface area (Å²) >= 11 is 0. The molecular formula is C11H16N2O5. The fourth-order valence-electron chi connectivity index (χ4n) is 2.14. The maximum absolute atomic E-state index is 11.7. The number of rotatable bonds is 3. The second-order valence-corrected chi connectivity index (χ2v) is 4.47. The van der Waals surface area contributed by atoms with Gasteiger partial charge in [-0.15, -0.1) is 0 Å². The molecular weight excluding hydrogens is 240 g/mol. The topological polar surface area (TPSA) is 105 Å². The molecule has 7 nitrogen and oxygen atoms in total. The minimum atomic E-state index is -0.567. The third-order valence-electron chi connectivity index (χ3n) is 3.23. The Morgan fingerprint density at radius 1 is 1.44 bits per heavy atom. The van der Waals surface area contributed by atoms with E-state index in [9.17, 15) is 9.59 Å². The number of nitrogens with one attached hydrogen (secondary N) is 1. The van der Waals surface area contributed by atoms with Gasteiger partial charge in [0.1, 0.15) is 6.23 Å². The molecule has 0 radical (unpaired) electrons. The Kier molecular flexibility index (Phi) is 3.65. The number of aromatic amines is 1. The summed E-state index contributed by atoms with van der Waals surface area (Å²) in [7, 11) is 0. The summed E-state index contributed by atoms with van der Waals surface area (Å²) in [6.45, 7) is 1.27. The number of hydrogen-bond acceptors (Lipinski definition) is 5. The zero-order valence-electron chi connectivity index (χ0n) is 10.00.